The lowest BCUT2D eigenvalue weighted by Crippen LogP contribution is -2.43. The third-order valence-corrected chi connectivity index (χ3v) is 4.42. The minimum Gasteiger partial charge on any atom is -0.388 e. The molecule has 1 unspecified atom stereocenters. The van der Waals surface area contributed by atoms with E-state index in [2.05, 4.69) is 32.6 Å². The molecule has 0 amide bonds. The Labute approximate surface area is 129 Å². The molecule has 0 fully saturated rings. The fourth-order valence-electron chi connectivity index (χ4n) is 2.60. The van der Waals surface area contributed by atoms with Crippen LogP contribution in [0.5, 0.6) is 0 Å². The van der Waals surface area contributed by atoms with Crippen molar-refractivity contribution in [2.75, 3.05) is 0 Å². The van der Waals surface area contributed by atoms with Crippen molar-refractivity contribution in [3.05, 3.63) is 42.0 Å². The first-order valence-electron chi connectivity index (χ1n) is 7.83. The van der Waals surface area contributed by atoms with E-state index in [1.165, 1.54) is 5.56 Å². The summed E-state index contributed by atoms with van der Waals surface area (Å²) in [5, 5.41) is 10.2. The molecule has 0 radical (unpaired) electrons. The molecule has 2 heteroatoms. The number of hydrogen-bond donors (Lipinski definition) is 1. The van der Waals surface area contributed by atoms with E-state index >= 15 is 0 Å². The molecule has 1 atom stereocenters. The zero-order chi connectivity index (χ0) is 16.3. The summed E-state index contributed by atoms with van der Waals surface area (Å²) in [6, 6.07) is 8.28. The smallest absolute Gasteiger partial charge is 0.0937 e. The molecule has 1 rings (SSSR count). The number of rotatable bonds is 7. The molecule has 1 N–H and O–H groups in total. The first kappa shape index (κ1) is 17.9. The molecule has 1 aromatic carbocycles. The van der Waals surface area contributed by atoms with Gasteiger partial charge in [-0.2, -0.15) is 0 Å². The fourth-order valence-corrected chi connectivity index (χ4v) is 2.60. The van der Waals surface area contributed by atoms with Crippen molar-refractivity contribution in [3.8, 4) is 0 Å². The van der Waals surface area contributed by atoms with Crippen LogP contribution >= 0.6 is 0 Å². The Morgan fingerprint density at radius 3 is 2.19 bits per heavy atom. The maximum absolute atomic E-state index is 10.2. The van der Waals surface area contributed by atoms with Gasteiger partial charge in [0.15, 0.2) is 0 Å². The molecule has 0 spiro atoms. The van der Waals surface area contributed by atoms with Crippen LogP contribution in [0.25, 0.3) is 5.57 Å². The van der Waals surface area contributed by atoms with Gasteiger partial charge in [0.05, 0.1) is 17.3 Å². The second kappa shape index (κ2) is 6.76. The van der Waals surface area contributed by atoms with Crippen LogP contribution in [0.4, 0.5) is 0 Å². The largest absolute Gasteiger partial charge is 0.388 e. The molecular weight excluding hydrogens is 260 g/mol. The summed E-state index contributed by atoms with van der Waals surface area (Å²) in [5.74, 6) is 0. The molecule has 2 nitrogen and oxygen atoms in total. The topological polar surface area (TPSA) is 29.5 Å². The van der Waals surface area contributed by atoms with Crippen molar-refractivity contribution in [2.45, 2.75) is 71.7 Å². The van der Waals surface area contributed by atoms with Gasteiger partial charge in [-0.15, -0.1) is 0 Å². The van der Waals surface area contributed by atoms with Crippen LogP contribution in [0.1, 0.15) is 65.5 Å². The fraction of sp³-hybridized carbons (Fsp3) is 0.579. The van der Waals surface area contributed by atoms with E-state index in [0.29, 0.717) is 0 Å². The van der Waals surface area contributed by atoms with E-state index in [1.54, 1.807) is 13.8 Å². The monoisotopic (exact) mass is 290 g/mol. The first-order chi connectivity index (χ1) is 9.68. The zero-order valence-corrected chi connectivity index (χ0v) is 14.4. The Morgan fingerprint density at radius 2 is 1.76 bits per heavy atom. The van der Waals surface area contributed by atoms with Crippen LogP contribution in [0, 0.1) is 0 Å². The molecule has 118 valence electrons. The van der Waals surface area contributed by atoms with Gasteiger partial charge in [0.25, 0.3) is 0 Å². The first-order valence-corrected chi connectivity index (χ1v) is 7.83. The van der Waals surface area contributed by atoms with Crippen LogP contribution in [0.3, 0.4) is 0 Å². The van der Waals surface area contributed by atoms with Crippen molar-refractivity contribution in [1.82, 2.24) is 0 Å². The average Bonchev–Trinajstić information content (AvgIpc) is 2.43. The highest BCUT2D eigenvalue weighted by molar-refractivity contribution is 5.65. The van der Waals surface area contributed by atoms with Gasteiger partial charge < -0.3 is 9.84 Å². The summed E-state index contributed by atoms with van der Waals surface area (Å²) in [4.78, 5) is 0. The van der Waals surface area contributed by atoms with E-state index in [9.17, 15) is 5.11 Å². The average molecular weight is 290 g/mol. The van der Waals surface area contributed by atoms with Crippen molar-refractivity contribution < 1.29 is 9.84 Å². The van der Waals surface area contributed by atoms with Crippen molar-refractivity contribution in [2.24, 2.45) is 0 Å². The van der Waals surface area contributed by atoms with Crippen LogP contribution in [0.2, 0.25) is 0 Å². The predicted octanol–water partition coefficient (Wildman–Crippen LogP) is 4.91. The Kier molecular flexibility index (Phi) is 5.77. The lowest BCUT2D eigenvalue weighted by molar-refractivity contribution is -0.164. The second-order valence-corrected chi connectivity index (χ2v) is 6.44. The van der Waals surface area contributed by atoms with Gasteiger partial charge in [0, 0.05) is 0 Å². The quantitative estimate of drug-likeness (QED) is 0.773. The minimum atomic E-state index is -0.867. The van der Waals surface area contributed by atoms with E-state index in [0.717, 1.165) is 24.0 Å². The van der Waals surface area contributed by atoms with Gasteiger partial charge in [-0.3, -0.25) is 0 Å². The normalized spacial score (nSPS) is 14.0. The maximum Gasteiger partial charge on any atom is 0.0937 e. The molecule has 0 aliphatic carbocycles. The van der Waals surface area contributed by atoms with Crippen LogP contribution in [-0.4, -0.2) is 16.8 Å². The molecule has 0 aromatic heterocycles. The molecule has 1 aromatic rings. The molecule has 0 saturated carbocycles. The number of hydrogen-bond acceptors (Lipinski definition) is 2. The summed E-state index contributed by atoms with van der Waals surface area (Å²) in [5.41, 5.74) is 2.09. The molecule has 0 bridgehead atoms. The third-order valence-electron chi connectivity index (χ3n) is 4.42. The molecule has 21 heavy (non-hydrogen) atoms. The Bertz CT molecular complexity index is 479. The Morgan fingerprint density at radius 1 is 1.24 bits per heavy atom. The molecule has 0 aliphatic heterocycles. The van der Waals surface area contributed by atoms with Gasteiger partial charge in [-0.1, -0.05) is 50.3 Å². The Hall–Kier alpha value is -1.12. The summed E-state index contributed by atoms with van der Waals surface area (Å²) < 4.78 is 6.39. The third kappa shape index (κ3) is 3.96. The van der Waals surface area contributed by atoms with E-state index in [-0.39, 0.29) is 6.10 Å². The highest BCUT2D eigenvalue weighted by atomic mass is 16.5. The summed E-state index contributed by atoms with van der Waals surface area (Å²) >= 11 is 0. The minimum absolute atomic E-state index is 0.254. The summed E-state index contributed by atoms with van der Waals surface area (Å²) in [6.07, 6.45) is 1.46. The van der Waals surface area contributed by atoms with Gasteiger partial charge in [0.1, 0.15) is 0 Å². The molecular formula is C19H30O2. The number of aliphatic hydroxyl groups is 1. The highest BCUT2D eigenvalue weighted by Gasteiger charge is 2.37. The van der Waals surface area contributed by atoms with Gasteiger partial charge in [-0.05, 0) is 51.7 Å². The number of benzene rings is 1. The van der Waals surface area contributed by atoms with Crippen molar-refractivity contribution in [3.63, 3.8) is 0 Å². The van der Waals surface area contributed by atoms with Gasteiger partial charge in [-0.25, -0.2) is 0 Å². The standard InChI is InChI=1S/C19H30O2/c1-8-19(9-2,21-15(5)18(6,7)20)17-13-11-10-12-16(17)14(3)4/h10-13,15,20H,3,8-9H2,1-2,4-7H3. The lowest BCUT2D eigenvalue weighted by Gasteiger charge is -2.40. The van der Waals surface area contributed by atoms with Crippen molar-refractivity contribution in [1.29, 1.82) is 0 Å². The zero-order valence-electron chi connectivity index (χ0n) is 14.4. The molecule has 0 saturated heterocycles. The van der Waals surface area contributed by atoms with Crippen LogP contribution in [-0.2, 0) is 10.3 Å². The lowest BCUT2D eigenvalue weighted by atomic mass is 9.83. The summed E-state index contributed by atoms with van der Waals surface area (Å²) in [7, 11) is 0. The van der Waals surface area contributed by atoms with Gasteiger partial charge in [0.2, 0.25) is 0 Å². The highest BCUT2D eigenvalue weighted by Crippen LogP contribution is 2.39. The van der Waals surface area contributed by atoms with Crippen molar-refractivity contribution >= 4 is 5.57 Å². The second-order valence-electron chi connectivity index (χ2n) is 6.44. The predicted molar refractivity (Wildman–Crippen MR) is 90.3 cm³/mol. The Balaban J connectivity index is 3.32. The summed E-state index contributed by atoms with van der Waals surface area (Å²) in [6.45, 7) is 15.9. The molecule has 0 heterocycles. The SMILES string of the molecule is C=C(C)c1ccccc1C(CC)(CC)OC(C)C(C)(C)O. The van der Waals surface area contributed by atoms with Crippen LogP contribution in [0.15, 0.2) is 30.8 Å². The molecule has 0 aliphatic rings. The maximum atomic E-state index is 10.2. The van der Waals surface area contributed by atoms with E-state index < -0.39 is 11.2 Å². The van der Waals surface area contributed by atoms with E-state index in [1.807, 2.05) is 26.0 Å². The van der Waals surface area contributed by atoms with Crippen LogP contribution < -0.4 is 0 Å². The number of allylic oxidation sites excluding steroid dienone is 1. The van der Waals surface area contributed by atoms with Gasteiger partial charge >= 0.3 is 0 Å². The number of ether oxygens (including phenoxy) is 1. The van der Waals surface area contributed by atoms with E-state index in [4.69, 9.17) is 4.74 Å².